The number of nitro benzene ring substituents is 1. The van der Waals surface area contributed by atoms with E-state index in [1.165, 1.54) is 35.1 Å². The van der Waals surface area contributed by atoms with E-state index in [2.05, 4.69) is 10.4 Å². The molecule has 1 aromatic heterocycles. The highest BCUT2D eigenvalue weighted by Gasteiger charge is 2.13. The Bertz CT molecular complexity index is 952. The van der Waals surface area contributed by atoms with Crippen molar-refractivity contribution in [2.45, 2.75) is 13.5 Å². The smallest absolute Gasteiger partial charge is 0.271 e. The summed E-state index contributed by atoms with van der Waals surface area (Å²) >= 11 is 0. The zero-order valence-electron chi connectivity index (χ0n) is 12.7. The van der Waals surface area contributed by atoms with E-state index in [0.29, 0.717) is 16.6 Å². The molecule has 2 aromatic carbocycles. The Morgan fingerprint density at radius 2 is 2.12 bits per heavy atom. The molecule has 1 amide bonds. The molecular formula is C16H13FN4O3. The van der Waals surface area contributed by atoms with Gasteiger partial charge in [0.15, 0.2) is 0 Å². The minimum absolute atomic E-state index is 0.0781. The fourth-order valence-corrected chi connectivity index (χ4v) is 2.35. The molecular weight excluding hydrogens is 315 g/mol. The van der Waals surface area contributed by atoms with Gasteiger partial charge in [-0.1, -0.05) is 6.07 Å². The Morgan fingerprint density at radius 3 is 2.88 bits per heavy atom. The number of hydrogen-bond acceptors (Lipinski definition) is 4. The third-order valence-electron chi connectivity index (χ3n) is 3.61. The summed E-state index contributed by atoms with van der Waals surface area (Å²) in [4.78, 5) is 22.5. The summed E-state index contributed by atoms with van der Waals surface area (Å²) in [5.74, 6) is -0.851. The first-order valence-electron chi connectivity index (χ1n) is 7.10. The van der Waals surface area contributed by atoms with Gasteiger partial charge in [-0.2, -0.15) is 5.10 Å². The average molecular weight is 328 g/mol. The normalized spacial score (nSPS) is 10.8. The van der Waals surface area contributed by atoms with E-state index < -0.39 is 16.6 Å². The topological polar surface area (TPSA) is 90.1 Å². The summed E-state index contributed by atoms with van der Waals surface area (Å²) in [6.45, 7) is 1.61. The van der Waals surface area contributed by atoms with Crippen LogP contribution < -0.4 is 5.32 Å². The number of benzene rings is 2. The first-order chi connectivity index (χ1) is 11.4. The molecule has 1 N–H and O–H groups in total. The van der Waals surface area contributed by atoms with Gasteiger partial charge in [0.2, 0.25) is 5.91 Å². The van der Waals surface area contributed by atoms with Crippen LogP contribution >= 0.6 is 0 Å². The van der Waals surface area contributed by atoms with Gasteiger partial charge in [0, 0.05) is 23.2 Å². The number of aromatic nitrogens is 2. The Hall–Kier alpha value is -3.29. The van der Waals surface area contributed by atoms with Gasteiger partial charge >= 0.3 is 0 Å². The first kappa shape index (κ1) is 15.6. The number of carbonyl (C=O) groups excluding carboxylic acids is 1. The van der Waals surface area contributed by atoms with Crippen LogP contribution in [-0.4, -0.2) is 20.6 Å². The molecule has 0 aliphatic carbocycles. The standard InChI is InChI=1S/C16H13FN4O3/c1-10-2-4-12(17)6-14(10)19-16(22)9-20-15-7-13(21(23)24)5-3-11(15)8-18-20/h2-8H,9H2,1H3,(H,19,22). The molecule has 0 saturated carbocycles. The van der Waals surface area contributed by atoms with Crippen molar-refractivity contribution in [1.29, 1.82) is 0 Å². The van der Waals surface area contributed by atoms with Gasteiger partial charge < -0.3 is 5.32 Å². The highest BCUT2D eigenvalue weighted by Crippen LogP contribution is 2.21. The van der Waals surface area contributed by atoms with Crippen molar-refractivity contribution in [2.75, 3.05) is 5.32 Å². The molecule has 0 aliphatic heterocycles. The Kier molecular flexibility index (Phi) is 3.95. The van der Waals surface area contributed by atoms with Crippen molar-refractivity contribution in [3.05, 3.63) is 64.1 Å². The Balaban J connectivity index is 1.84. The van der Waals surface area contributed by atoms with Crippen LogP contribution in [0.5, 0.6) is 0 Å². The first-order valence-corrected chi connectivity index (χ1v) is 7.10. The van der Waals surface area contributed by atoms with Crippen LogP contribution in [0.4, 0.5) is 15.8 Å². The number of nitro groups is 1. The third-order valence-corrected chi connectivity index (χ3v) is 3.61. The summed E-state index contributed by atoms with van der Waals surface area (Å²) in [7, 11) is 0. The maximum atomic E-state index is 13.3. The molecule has 122 valence electrons. The summed E-state index contributed by atoms with van der Waals surface area (Å²) in [6, 6.07) is 8.43. The number of anilines is 1. The molecule has 3 rings (SSSR count). The summed E-state index contributed by atoms with van der Waals surface area (Å²) in [6.07, 6.45) is 1.53. The lowest BCUT2D eigenvalue weighted by Gasteiger charge is -2.09. The molecule has 0 aliphatic rings. The quantitative estimate of drug-likeness (QED) is 0.589. The van der Waals surface area contributed by atoms with Gasteiger partial charge in [0.25, 0.3) is 5.69 Å². The van der Waals surface area contributed by atoms with E-state index >= 15 is 0 Å². The molecule has 0 saturated heterocycles. The van der Waals surface area contributed by atoms with E-state index in [4.69, 9.17) is 0 Å². The van der Waals surface area contributed by atoms with Crippen LogP contribution in [0.1, 0.15) is 5.56 Å². The number of rotatable bonds is 4. The van der Waals surface area contributed by atoms with Crippen molar-refractivity contribution >= 4 is 28.2 Å². The maximum absolute atomic E-state index is 13.3. The number of fused-ring (bicyclic) bond motifs is 1. The second-order valence-corrected chi connectivity index (χ2v) is 5.31. The van der Waals surface area contributed by atoms with E-state index in [9.17, 15) is 19.3 Å². The lowest BCUT2D eigenvalue weighted by atomic mass is 10.2. The molecule has 3 aromatic rings. The minimum Gasteiger partial charge on any atom is -0.324 e. The van der Waals surface area contributed by atoms with Crippen LogP contribution in [0.25, 0.3) is 10.9 Å². The SMILES string of the molecule is Cc1ccc(F)cc1NC(=O)Cn1ncc2ccc([N+](=O)[O-])cc21. The van der Waals surface area contributed by atoms with Gasteiger partial charge in [-0.05, 0) is 30.7 Å². The molecule has 0 unspecified atom stereocenters. The molecule has 24 heavy (non-hydrogen) atoms. The Morgan fingerprint density at radius 1 is 1.33 bits per heavy atom. The van der Waals surface area contributed by atoms with Gasteiger partial charge in [-0.25, -0.2) is 4.39 Å². The molecule has 0 radical (unpaired) electrons. The largest absolute Gasteiger partial charge is 0.324 e. The molecule has 0 bridgehead atoms. The number of hydrogen-bond donors (Lipinski definition) is 1. The maximum Gasteiger partial charge on any atom is 0.271 e. The van der Waals surface area contributed by atoms with Crippen molar-refractivity contribution in [1.82, 2.24) is 9.78 Å². The van der Waals surface area contributed by atoms with Gasteiger partial charge in [-0.15, -0.1) is 0 Å². The highest BCUT2D eigenvalue weighted by atomic mass is 19.1. The molecule has 8 heteroatoms. The van der Waals surface area contributed by atoms with Crippen LogP contribution in [0.2, 0.25) is 0 Å². The zero-order valence-corrected chi connectivity index (χ0v) is 12.7. The lowest BCUT2D eigenvalue weighted by Crippen LogP contribution is -2.20. The molecule has 0 atom stereocenters. The number of nitrogens with one attached hydrogen (secondary N) is 1. The molecule has 0 fully saturated rings. The molecule has 1 heterocycles. The predicted molar refractivity (Wildman–Crippen MR) is 86.2 cm³/mol. The van der Waals surface area contributed by atoms with Crippen LogP contribution in [0.15, 0.2) is 42.6 Å². The predicted octanol–water partition coefficient (Wildman–Crippen LogP) is 3.03. The average Bonchev–Trinajstić information content (AvgIpc) is 2.93. The number of halogens is 1. The number of amides is 1. The Labute approximate surface area is 135 Å². The minimum atomic E-state index is -0.507. The summed E-state index contributed by atoms with van der Waals surface area (Å²) in [5.41, 5.74) is 1.51. The van der Waals surface area contributed by atoms with Gasteiger partial charge in [-0.3, -0.25) is 19.6 Å². The van der Waals surface area contributed by atoms with Gasteiger partial charge in [0.05, 0.1) is 16.6 Å². The number of non-ortho nitro benzene ring substituents is 1. The summed E-state index contributed by atoms with van der Waals surface area (Å²) < 4.78 is 14.6. The molecule has 0 spiro atoms. The highest BCUT2D eigenvalue weighted by molar-refractivity contribution is 5.92. The number of carbonyl (C=O) groups is 1. The zero-order chi connectivity index (χ0) is 17.3. The fourth-order valence-electron chi connectivity index (χ4n) is 2.35. The van der Waals surface area contributed by atoms with Crippen LogP contribution in [0.3, 0.4) is 0 Å². The van der Waals surface area contributed by atoms with Gasteiger partial charge in [0.1, 0.15) is 12.4 Å². The van der Waals surface area contributed by atoms with E-state index in [1.807, 2.05) is 0 Å². The number of aryl methyl sites for hydroxylation is 1. The second-order valence-electron chi connectivity index (χ2n) is 5.31. The third kappa shape index (κ3) is 3.07. The van der Waals surface area contributed by atoms with Crippen molar-refractivity contribution in [2.24, 2.45) is 0 Å². The summed E-state index contributed by atoms with van der Waals surface area (Å²) in [5, 5.41) is 18.3. The fraction of sp³-hybridized carbons (Fsp3) is 0.125. The van der Waals surface area contributed by atoms with Crippen molar-refractivity contribution < 1.29 is 14.1 Å². The monoisotopic (exact) mass is 328 g/mol. The van der Waals surface area contributed by atoms with E-state index in [-0.39, 0.29) is 12.2 Å². The van der Waals surface area contributed by atoms with Crippen LogP contribution in [-0.2, 0) is 11.3 Å². The second kappa shape index (κ2) is 6.07. The number of nitrogens with zero attached hydrogens (tertiary/aromatic N) is 3. The molecule has 7 nitrogen and oxygen atoms in total. The van der Waals surface area contributed by atoms with E-state index in [1.54, 1.807) is 19.1 Å². The van der Waals surface area contributed by atoms with Crippen LogP contribution in [0, 0.1) is 22.9 Å². The van der Waals surface area contributed by atoms with Crippen molar-refractivity contribution in [3.8, 4) is 0 Å². The lowest BCUT2D eigenvalue weighted by molar-refractivity contribution is -0.384. The van der Waals surface area contributed by atoms with Crippen molar-refractivity contribution in [3.63, 3.8) is 0 Å². The van der Waals surface area contributed by atoms with E-state index in [0.717, 1.165) is 5.56 Å².